The highest BCUT2D eigenvalue weighted by molar-refractivity contribution is 6.20. The fourth-order valence-corrected chi connectivity index (χ4v) is 10.0. The third-order valence-electron chi connectivity index (χ3n) is 13.3. The van der Waals surface area contributed by atoms with Crippen LogP contribution in [0.4, 0.5) is 17.1 Å². The molecule has 0 aliphatic heterocycles. The highest BCUT2D eigenvalue weighted by atomic mass is 16.3. The number of benzene rings is 11. The zero-order chi connectivity index (χ0) is 44.3. The van der Waals surface area contributed by atoms with Gasteiger partial charge in [0, 0.05) is 22.0 Å². The van der Waals surface area contributed by atoms with Gasteiger partial charge in [0.05, 0.1) is 22.1 Å². The van der Waals surface area contributed by atoms with Gasteiger partial charge >= 0.3 is 0 Å². The molecule has 0 spiro atoms. The van der Waals surface area contributed by atoms with Gasteiger partial charge in [0.15, 0.2) is 0 Å². The maximum atomic E-state index is 7.06. The first-order valence-electron chi connectivity index (χ1n) is 22.8. The van der Waals surface area contributed by atoms with Gasteiger partial charge in [-0.2, -0.15) is 0 Å². The maximum absolute atomic E-state index is 7.06. The quantitative estimate of drug-likeness (QED) is 0.152. The molecule has 13 aromatic rings. The first kappa shape index (κ1) is 38.5. The summed E-state index contributed by atoms with van der Waals surface area (Å²) in [6, 6.07) is 88.7. The first-order chi connectivity index (χ1) is 33.2. The van der Waals surface area contributed by atoms with E-state index in [2.05, 4.69) is 254 Å². The Balaban J connectivity index is 1.01. The molecular formula is C64H41NO2. The minimum atomic E-state index is 0.826. The third kappa shape index (κ3) is 6.67. The molecule has 67 heavy (non-hydrogen) atoms. The van der Waals surface area contributed by atoms with E-state index >= 15 is 0 Å². The van der Waals surface area contributed by atoms with E-state index in [4.69, 9.17) is 8.83 Å². The Bertz CT molecular complexity index is 3940. The molecule has 0 saturated heterocycles. The van der Waals surface area contributed by atoms with E-state index in [1.165, 1.54) is 21.9 Å². The summed E-state index contributed by atoms with van der Waals surface area (Å²) in [4.78, 5) is 2.40. The Hall–Kier alpha value is -8.92. The summed E-state index contributed by atoms with van der Waals surface area (Å²) < 4.78 is 13.8. The fraction of sp³-hybridized carbons (Fsp3) is 0. The number of nitrogens with zero attached hydrogens (tertiary/aromatic N) is 1. The van der Waals surface area contributed by atoms with Crippen LogP contribution in [0.15, 0.2) is 258 Å². The summed E-state index contributed by atoms with van der Waals surface area (Å²) in [5, 5.41) is 6.69. The van der Waals surface area contributed by atoms with Gasteiger partial charge in [0.2, 0.25) is 0 Å². The average molecular weight is 856 g/mol. The summed E-state index contributed by atoms with van der Waals surface area (Å²) in [5.41, 5.74) is 17.8. The molecule has 3 nitrogen and oxygen atoms in total. The highest BCUT2D eigenvalue weighted by Crippen LogP contribution is 2.50. The van der Waals surface area contributed by atoms with Crippen molar-refractivity contribution in [3.8, 4) is 55.6 Å². The van der Waals surface area contributed by atoms with Gasteiger partial charge in [-0.1, -0.05) is 188 Å². The predicted molar refractivity (Wildman–Crippen MR) is 280 cm³/mol. The van der Waals surface area contributed by atoms with E-state index < -0.39 is 0 Å². The van der Waals surface area contributed by atoms with E-state index in [1.807, 2.05) is 0 Å². The molecule has 0 saturated carbocycles. The lowest BCUT2D eigenvalue weighted by Gasteiger charge is -2.27. The SMILES string of the molecule is c1ccc(-c2ccc3c(c2)oc2cccc(N(c4ccc(-c5ccc(-c6cccc7ccccc67)cc5)cc4)c4ccc(-c5ccccc5)c5oc6cc(-c7ccccc7)ccc6c45)c23)cc1. The Labute approximate surface area is 388 Å². The topological polar surface area (TPSA) is 29.5 Å². The zero-order valence-electron chi connectivity index (χ0n) is 36.4. The Morgan fingerprint density at radius 3 is 1.45 bits per heavy atom. The molecule has 2 heterocycles. The van der Waals surface area contributed by atoms with Crippen LogP contribution in [0.5, 0.6) is 0 Å². The second-order valence-electron chi connectivity index (χ2n) is 17.2. The highest BCUT2D eigenvalue weighted by Gasteiger charge is 2.25. The van der Waals surface area contributed by atoms with Crippen LogP contribution < -0.4 is 4.90 Å². The monoisotopic (exact) mass is 855 g/mol. The molecule has 314 valence electrons. The van der Waals surface area contributed by atoms with Crippen LogP contribution >= 0.6 is 0 Å². The van der Waals surface area contributed by atoms with E-state index in [0.29, 0.717) is 0 Å². The normalized spacial score (nSPS) is 11.6. The third-order valence-corrected chi connectivity index (χ3v) is 13.3. The Kier molecular flexibility index (Phi) is 9.17. The van der Waals surface area contributed by atoms with E-state index in [0.717, 1.165) is 105 Å². The van der Waals surface area contributed by atoms with Crippen molar-refractivity contribution in [2.75, 3.05) is 4.90 Å². The van der Waals surface area contributed by atoms with Gasteiger partial charge in [-0.25, -0.2) is 0 Å². The summed E-state index contributed by atoms with van der Waals surface area (Å²) in [6.45, 7) is 0. The molecule has 0 bridgehead atoms. The lowest BCUT2D eigenvalue weighted by atomic mass is 9.96. The van der Waals surface area contributed by atoms with Crippen LogP contribution in [0.1, 0.15) is 0 Å². The minimum absolute atomic E-state index is 0.826. The van der Waals surface area contributed by atoms with Gasteiger partial charge in [-0.3, -0.25) is 0 Å². The number of fused-ring (bicyclic) bond motifs is 7. The molecule has 0 amide bonds. The van der Waals surface area contributed by atoms with Crippen molar-refractivity contribution in [3.05, 3.63) is 249 Å². The Morgan fingerprint density at radius 1 is 0.269 bits per heavy atom. The van der Waals surface area contributed by atoms with Crippen molar-refractivity contribution in [1.29, 1.82) is 0 Å². The van der Waals surface area contributed by atoms with Gasteiger partial charge in [-0.05, 0) is 122 Å². The molecule has 2 aromatic heterocycles. The van der Waals surface area contributed by atoms with Crippen molar-refractivity contribution >= 4 is 71.7 Å². The van der Waals surface area contributed by atoms with E-state index in [9.17, 15) is 0 Å². The Morgan fingerprint density at radius 2 is 0.761 bits per heavy atom. The van der Waals surface area contributed by atoms with Crippen LogP contribution in [-0.4, -0.2) is 0 Å². The summed E-state index contributed by atoms with van der Waals surface area (Å²) in [7, 11) is 0. The minimum Gasteiger partial charge on any atom is -0.456 e. The number of hydrogen-bond donors (Lipinski definition) is 0. The predicted octanol–water partition coefficient (Wildman–Crippen LogP) is 18.4. The summed E-state index contributed by atoms with van der Waals surface area (Å²) >= 11 is 0. The first-order valence-corrected chi connectivity index (χ1v) is 22.8. The van der Waals surface area contributed by atoms with E-state index in [-0.39, 0.29) is 0 Å². The van der Waals surface area contributed by atoms with Crippen LogP contribution in [0.2, 0.25) is 0 Å². The standard InChI is InChI=1S/C64H41NO2/c1-4-14-42(15-5-1)49-32-36-55-60(40-49)66-59-25-13-24-57(62(55)59)65(51-34-30-45(31-35-51)44-26-28-48(29-27-44)53-23-12-21-46-20-10-11-22-52(46)53)58-39-38-54(47-18-8-3-9-19-47)64-63(58)56-37-33-50(41-61(56)67-64)43-16-6-2-7-17-43/h1-41H. The van der Waals surface area contributed by atoms with Gasteiger partial charge in [0.25, 0.3) is 0 Å². The smallest absolute Gasteiger partial charge is 0.145 e. The molecule has 0 N–H and O–H groups in total. The number of rotatable bonds is 8. The van der Waals surface area contributed by atoms with E-state index in [1.54, 1.807) is 0 Å². The molecule has 0 atom stereocenters. The van der Waals surface area contributed by atoms with Crippen LogP contribution in [0, 0.1) is 0 Å². The van der Waals surface area contributed by atoms with Crippen molar-refractivity contribution in [2.24, 2.45) is 0 Å². The van der Waals surface area contributed by atoms with Crippen molar-refractivity contribution in [2.45, 2.75) is 0 Å². The zero-order valence-corrected chi connectivity index (χ0v) is 36.4. The largest absolute Gasteiger partial charge is 0.456 e. The number of hydrogen-bond acceptors (Lipinski definition) is 3. The molecule has 0 unspecified atom stereocenters. The summed E-state index contributed by atoms with van der Waals surface area (Å²) in [5.74, 6) is 0. The number of furan rings is 2. The van der Waals surface area contributed by atoms with Crippen molar-refractivity contribution in [1.82, 2.24) is 0 Å². The second kappa shape index (κ2) is 16.0. The maximum Gasteiger partial charge on any atom is 0.145 e. The summed E-state index contributed by atoms with van der Waals surface area (Å²) in [6.07, 6.45) is 0. The molecular weight excluding hydrogens is 815 g/mol. The second-order valence-corrected chi connectivity index (χ2v) is 17.2. The van der Waals surface area contributed by atoms with Crippen molar-refractivity contribution < 1.29 is 8.83 Å². The fourth-order valence-electron chi connectivity index (χ4n) is 10.0. The molecule has 11 aromatic carbocycles. The van der Waals surface area contributed by atoms with Crippen molar-refractivity contribution in [3.63, 3.8) is 0 Å². The van der Waals surface area contributed by atoms with Crippen LogP contribution in [-0.2, 0) is 0 Å². The molecule has 0 radical (unpaired) electrons. The van der Waals surface area contributed by atoms with Crippen LogP contribution in [0.3, 0.4) is 0 Å². The van der Waals surface area contributed by atoms with Gasteiger partial charge < -0.3 is 13.7 Å². The van der Waals surface area contributed by atoms with Gasteiger partial charge in [0.1, 0.15) is 22.3 Å². The number of anilines is 3. The molecule has 0 fully saturated rings. The molecule has 13 rings (SSSR count). The van der Waals surface area contributed by atoms with Gasteiger partial charge in [-0.15, -0.1) is 0 Å². The average Bonchev–Trinajstić information content (AvgIpc) is 3.98. The lowest BCUT2D eigenvalue weighted by Crippen LogP contribution is -2.11. The lowest BCUT2D eigenvalue weighted by molar-refractivity contribution is 0.669. The molecule has 0 aliphatic carbocycles. The molecule has 0 aliphatic rings. The van der Waals surface area contributed by atoms with Crippen LogP contribution in [0.25, 0.3) is 110 Å². The molecule has 3 heteroatoms.